The second kappa shape index (κ2) is 11.4. The van der Waals surface area contributed by atoms with Gasteiger partial charge in [0, 0.05) is 61.5 Å². The summed E-state index contributed by atoms with van der Waals surface area (Å²) in [6.07, 6.45) is 20.5. The van der Waals surface area contributed by atoms with Gasteiger partial charge in [-0.05, 0) is 87.0 Å². The van der Waals surface area contributed by atoms with Gasteiger partial charge in [-0.3, -0.25) is 4.79 Å². The maximum absolute atomic E-state index is 13.0. The molecule has 3 aliphatic rings. The second-order valence-electron chi connectivity index (χ2n) is 11.7. The number of hydrogen-bond donors (Lipinski definition) is 0. The molecule has 198 valence electrons. The molecule has 1 aliphatic carbocycles. The zero-order chi connectivity index (χ0) is 25.0. The van der Waals surface area contributed by atoms with Crippen molar-refractivity contribution in [2.45, 2.75) is 89.8 Å². The van der Waals surface area contributed by atoms with Crippen LogP contribution in [0.15, 0.2) is 42.9 Å². The molecule has 0 radical (unpaired) electrons. The minimum atomic E-state index is 0.0744. The Morgan fingerprint density at radius 1 is 0.892 bits per heavy atom. The van der Waals surface area contributed by atoms with Crippen LogP contribution in [0.2, 0.25) is 0 Å². The van der Waals surface area contributed by atoms with E-state index in [1.54, 1.807) is 0 Å². The van der Waals surface area contributed by atoms with E-state index in [1.165, 1.54) is 61.4 Å². The van der Waals surface area contributed by atoms with Crippen molar-refractivity contribution in [2.24, 2.45) is 11.8 Å². The van der Waals surface area contributed by atoms with Crippen LogP contribution in [0.4, 0.5) is 0 Å². The second-order valence-corrected chi connectivity index (χ2v) is 11.7. The molecular weight excluding hydrogens is 460 g/mol. The first-order valence-electron chi connectivity index (χ1n) is 14.8. The van der Waals surface area contributed by atoms with Crippen LogP contribution in [0.3, 0.4) is 0 Å². The lowest BCUT2D eigenvalue weighted by molar-refractivity contribution is -0.132. The Labute approximate surface area is 221 Å². The number of amides is 1. The van der Waals surface area contributed by atoms with Crippen LogP contribution in [-0.2, 0) is 16.1 Å². The Kier molecular flexibility index (Phi) is 7.63. The highest BCUT2D eigenvalue weighted by molar-refractivity contribution is 5.85. The summed E-state index contributed by atoms with van der Waals surface area (Å²) < 4.78 is 10.3. The lowest BCUT2D eigenvalue weighted by atomic mass is 9.86. The highest BCUT2D eigenvalue weighted by atomic mass is 16.5. The molecule has 3 aromatic rings. The van der Waals surface area contributed by atoms with Crippen LogP contribution in [0, 0.1) is 11.8 Å². The summed E-state index contributed by atoms with van der Waals surface area (Å²) in [6, 6.07) is 9.01. The van der Waals surface area contributed by atoms with Crippen LogP contribution >= 0.6 is 0 Å². The van der Waals surface area contributed by atoms with Crippen molar-refractivity contribution >= 4 is 16.8 Å². The predicted octanol–water partition coefficient (Wildman–Crippen LogP) is 6.80. The van der Waals surface area contributed by atoms with Gasteiger partial charge in [-0.25, -0.2) is 4.68 Å². The first-order chi connectivity index (χ1) is 18.2. The van der Waals surface area contributed by atoms with E-state index in [0.29, 0.717) is 17.7 Å². The smallest absolute Gasteiger partial charge is 0.222 e. The predicted molar refractivity (Wildman–Crippen MR) is 147 cm³/mol. The fourth-order valence-corrected chi connectivity index (χ4v) is 6.76. The molecule has 2 unspecified atom stereocenters. The van der Waals surface area contributed by atoms with E-state index in [1.807, 2.05) is 10.9 Å². The number of likely N-dealkylation sites (tertiary alicyclic amines) is 1. The van der Waals surface area contributed by atoms with E-state index in [4.69, 9.17) is 4.74 Å². The van der Waals surface area contributed by atoms with Crippen molar-refractivity contribution in [3.8, 4) is 11.1 Å². The summed E-state index contributed by atoms with van der Waals surface area (Å²) in [5, 5.41) is 5.87. The third kappa shape index (κ3) is 5.79. The number of fused-ring (bicyclic) bond motifs is 1. The van der Waals surface area contributed by atoms with Gasteiger partial charge in [-0.1, -0.05) is 25.3 Å². The first kappa shape index (κ1) is 24.7. The van der Waals surface area contributed by atoms with E-state index in [2.05, 4.69) is 51.2 Å². The molecule has 1 aromatic carbocycles. The van der Waals surface area contributed by atoms with Crippen molar-refractivity contribution in [1.29, 1.82) is 0 Å². The van der Waals surface area contributed by atoms with Gasteiger partial charge in [0.05, 0.1) is 6.20 Å². The van der Waals surface area contributed by atoms with Gasteiger partial charge in [0.15, 0.2) is 0 Å². The van der Waals surface area contributed by atoms with E-state index < -0.39 is 0 Å². The first-order valence-corrected chi connectivity index (χ1v) is 14.8. The minimum absolute atomic E-state index is 0.0744. The third-order valence-corrected chi connectivity index (χ3v) is 9.00. The summed E-state index contributed by atoms with van der Waals surface area (Å²) in [7, 11) is 0. The number of carbonyl (C=O) groups excluding carboxylic acids is 1. The monoisotopic (exact) mass is 502 g/mol. The quantitative estimate of drug-likeness (QED) is 0.372. The van der Waals surface area contributed by atoms with Crippen LogP contribution in [0.25, 0.3) is 22.0 Å². The van der Waals surface area contributed by atoms with Gasteiger partial charge in [0.1, 0.15) is 6.23 Å². The average Bonchev–Trinajstić information content (AvgIpc) is 3.52. The number of rotatable bonds is 6. The Hall–Kier alpha value is -2.60. The standard InChI is InChI=1S/C31H42N4O2/c36-30(19-24-7-2-1-3-8-24)33-15-6-9-25(13-16-33)22-34-17-14-27-20-26(11-12-29(27)34)28-21-32-35(23-28)31-10-4-5-18-37-31/h11-12,14,17,20-21,23-25,31H,1-10,13,15-16,18-19,22H2. The van der Waals surface area contributed by atoms with Gasteiger partial charge in [0.2, 0.25) is 5.91 Å². The van der Waals surface area contributed by atoms with Crippen LogP contribution in [0.1, 0.15) is 83.3 Å². The van der Waals surface area contributed by atoms with Crippen LogP contribution < -0.4 is 0 Å². The van der Waals surface area contributed by atoms with Gasteiger partial charge in [-0.15, -0.1) is 0 Å². The number of ether oxygens (including phenoxy) is 1. The molecule has 3 fully saturated rings. The lowest BCUT2D eigenvalue weighted by Crippen LogP contribution is -2.33. The van der Waals surface area contributed by atoms with Crippen LogP contribution in [0.5, 0.6) is 0 Å². The van der Waals surface area contributed by atoms with Gasteiger partial charge < -0.3 is 14.2 Å². The minimum Gasteiger partial charge on any atom is -0.357 e. The number of aromatic nitrogens is 3. The molecule has 0 N–H and O–H groups in total. The van der Waals surface area contributed by atoms with Crippen molar-refractivity contribution in [3.63, 3.8) is 0 Å². The zero-order valence-electron chi connectivity index (χ0n) is 22.2. The third-order valence-electron chi connectivity index (χ3n) is 9.00. The van der Waals surface area contributed by atoms with Gasteiger partial charge in [0.25, 0.3) is 0 Å². The van der Waals surface area contributed by atoms with Gasteiger partial charge in [-0.2, -0.15) is 5.10 Å². The number of carbonyl (C=O) groups is 1. The Balaban J connectivity index is 1.07. The molecule has 37 heavy (non-hydrogen) atoms. The molecule has 2 atom stereocenters. The van der Waals surface area contributed by atoms with E-state index in [-0.39, 0.29) is 6.23 Å². The average molecular weight is 503 g/mol. The molecule has 4 heterocycles. The Morgan fingerprint density at radius 3 is 2.62 bits per heavy atom. The largest absolute Gasteiger partial charge is 0.357 e. The van der Waals surface area contributed by atoms with Crippen molar-refractivity contribution in [3.05, 3.63) is 42.9 Å². The molecule has 1 saturated carbocycles. The molecule has 1 amide bonds. The normalized spacial score (nSPS) is 23.8. The van der Waals surface area contributed by atoms with E-state index in [0.717, 1.165) is 63.9 Å². The molecule has 0 spiro atoms. The van der Waals surface area contributed by atoms with Crippen molar-refractivity contribution in [1.82, 2.24) is 19.2 Å². The summed E-state index contributed by atoms with van der Waals surface area (Å²) >= 11 is 0. The number of hydrogen-bond acceptors (Lipinski definition) is 3. The summed E-state index contributed by atoms with van der Waals surface area (Å²) in [5.41, 5.74) is 3.64. The molecule has 6 rings (SSSR count). The number of nitrogens with zero attached hydrogens (tertiary/aromatic N) is 4. The summed E-state index contributed by atoms with van der Waals surface area (Å²) in [4.78, 5) is 15.1. The van der Waals surface area contributed by atoms with E-state index in [9.17, 15) is 4.79 Å². The number of benzene rings is 1. The molecular formula is C31H42N4O2. The molecule has 0 bridgehead atoms. The topological polar surface area (TPSA) is 52.3 Å². The zero-order valence-corrected chi connectivity index (χ0v) is 22.2. The molecule has 2 aromatic heterocycles. The SMILES string of the molecule is O=C(CC1CCCCC1)N1CCCC(Cn2ccc3cc(-c4cnn(C5CCCCO5)c4)ccc32)CC1. The van der Waals surface area contributed by atoms with Crippen molar-refractivity contribution < 1.29 is 9.53 Å². The molecule has 6 nitrogen and oxygen atoms in total. The highest BCUT2D eigenvalue weighted by Crippen LogP contribution is 2.30. The molecule has 6 heteroatoms. The van der Waals surface area contributed by atoms with Crippen molar-refractivity contribution in [2.75, 3.05) is 19.7 Å². The maximum Gasteiger partial charge on any atom is 0.222 e. The van der Waals surface area contributed by atoms with E-state index >= 15 is 0 Å². The Bertz CT molecular complexity index is 1190. The maximum atomic E-state index is 13.0. The lowest BCUT2D eigenvalue weighted by Gasteiger charge is -2.26. The summed E-state index contributed by atoms with van der Waals surface area (Å²) in [6.45, 7) is 3.73. The fourth-order valence-electron chi connectivity index (χ4n) is 6.76. The highest BCUT2D eigenvalue weighted by Gasteiger charge is 2.24. The molecule has 2 aliphatic heterocycles. The summed E-state index contributed by atoms with van der Waals surface area (Å²) in [5.74, 6) is 1.66. The van der Waals surface area contributed by atoms with Crippen LogP contribution in [-0.4, -0.2) is 44.9 Å². The molecule has 2 saturated heterocycles. The van der Waals surface area contributed by atoms with Gasteiger partial charge >= 0.3 is 0 Å². The Morgan fingerprint density at radius 2 is 1.76 bits per heavy atom. The fraction of sp³-hybridized carbons (Fsp3) is 0.613.